The minimum Gasteiger partial charge on any atom is -0.497 e. The average Bonchev–Trinajstić information content (AvgIpc) is 2.41. The molecule has 2 aromatic carbocycles. The lowest BCUT2D eigenvalue weighted by Crippen LogP contribution is -1.90. The van der Waals surface area contributed by atoms with E-state index in [1.807, 2.05) is 42.5 Å². The number of ether oxygens (including phenoxy) is 2. The number of benzene rings is 2. The van der Waals surface area contributed by atoms with Crippen LogP contribution in [0, 0.1) is 0 Å². The van der Waals surface area contributed by atoms with Gasteiger partial charge in [-0.15, -0.1) is 11.6 Å². The summed E-state index contributed by atoms with van der Waals surface area (Å²) in [6.07, 6.45) is 0. The molecule has 0 atom stereocenters. The molecular formula is C14H12BrClO2. The zero-order valence-electron chi connectivity index (χ0n) is 9.82. The third-order valence-electron chi connectivity index (χ3n) is 2.44. The maximum absolute atomic E-state index is 5.90. The first-order valence-electron chi connectivity index (χ1n) is 5.39. The number of hydrogen-bond acceptors (Lipinski definition) is 2. The highest BCUT2D eigenvalue weighted by atomic mass is 79.9. The second-order valence-electron chi connectivity index (χ2n) is 3.67. The predicted octanol–water partition coefficient (Wildman–Crippen LogP) is 4.99. The van der Waals surface area contributed by atoms with Gasteiger partial charge < -0.3 is 9.47 Å². The van der Waals surface area contributed by atoms with Gasteiger partial charge >= 0.3 is 0 Å². The van der Waals surface area contributed by atoms with E-state index < -0.39 is 0 Å². The molecule has 0 heterocycles. The number of hydrogen-bond donors (Lipinski definition) is 0. The predicted molar refractivity (Wildman–Crippen MR) is 76.8 cm³/mol. The summed E-state index contributed by atoms with van der Waals surface area (Å²) in [6, 6.07) is 13.2. The molecule has 0 aliphatic carbocycles. The summed E-state index contributed by atoms with van der Waals surface area (Å²) in [5.74, 6) is 2.64. The zero-order chi connectivity index (χ0) is 13.0. The molecule has 0 saturated carbocycles. The lowest BCUT2D eigenvalue weighted by molar-refractivity contribution is 0.408. The minimum absolute atomic E-state index is 0.402. The monoisotopic (exact) mass is 326 g/mol. The van der Waals surface area contributed by atoms with Crippen molar-refractivity contribution < 1.29 is 9.47 Å². The van der Waals surface area contributed by atoms with E-state index in [9.17, 15) is 0 Å². The van der Waals surface area contributed by atoms with Crippen LogP contribution in [-0.2, 0) is 5.88 Å². The Hall–Kier alpha value is -1.19. The standard InChI is InChI=1S/C14H12BrClO2/c1-17-12-3-2-4-13(8-12)18-14-6-5-11(15)7-10(14)9-16/h2-8H,9H2,1H3. The molecule has 0 aliphatic heterocycles. The number of halogens is 2. The Bertz CT molecular complexity index is 543. The summed E-state index contributed by atoms with van der Waals surface area (Å²) in [5.41, 5.74) is 0.939. The highest BCUT2D eigenvalue weighted by Gasteiger charge is 2.05. The smallest absolute Gasteiger partial charge is 0.131 e. The highest BCUT2D eigenvalue weighted by molar-refractivity contribution is 9.10. The first-order chi connectivity index (χ1) is 8.72. The molecule has 94 valence electrons. The number of alkyl halides is 1. The van der Waals surface area contributed by atoms with Gasteiger partial charge in [0.05, 0.1) is 13.0 Å². The van der Waals surface area contributed by atoms with Crippen molar-refractivity contribution in [1.82, 2.24) is 0 Å². The van der Waals surface area contributed by atoms with Gasteiger partial charge in [0.2, 0.25) is 0 Å². The van der Waals surface area contributed by atoms with Crippen molar-refractivity contribution in [2.24, 2.45) is 0 Å². The summed E-state index contributed by atoms with van der Waals surface area (Å²) in [6.45, 7) is 0. The zero-order valence-corrected chi connectivity index (χ0v) is 12.2. The Morgan fingerprint density at radius 2 is 1.89 bits per heavy atom. The van der Waals surface area contributed by atoms with Gasteiger partial charge in [0.15, 0.2) is 0 Å². The van der Waals surface area contributed by atoms with Crippen molar-refractivity contribution >= 4 is 27.5 Å². The fourth-order valence-electron chi connectivity index (χ4n) is 1.54. The van der Waals surface area contributed by atoms with Crippen molar-refractivity contribution in [3.8, 4) is 17.2 Å². The van der Waals surface area contributed by atoms with Gasteiger partial charge in [-0.25, -0.2) is 0 Å². The number of rotatable bonds is 4. The number of methoxy groups -OCH3 is 1. The van der Waals surface area contributed by atoms with Gasteiger partial charge in [-0.05, 0) is 30.3 Å². The highest BCUT2D eigenvalue weighted by Crippen LogP contribution is 2.30. The van der Waals surface area contributed by atoms with E-state index in [1.54, 1.807) is 7.11 Å². The Morgan fingerprint density at radius 3 is 2.61 bits per heavy atom. The van der Waals surface area contributed by atoms with E-state index in [0.717, 1.165) is 27.3 Å². The lowest BCUT2D eigenvalue weighted by Gasteiger charge is -2.10. The molecule has 0 saturated heterocycles. The molecule has 0 bridgehead atoms. The van der Waals surface area contributed by atoms with Crippen LogP contribution in [0.5, 0.6) is 17.2 Å². The van der Waals surface area contributed by atoms with Crippen molar-refractivity contribution in [2.75, 3.05) is 7.11 Å². The molecular weight excluding hydrogens is 316 g/mol. The molecule has 0 amide bonds. The summed E-state index contributed by atoms with van der Waals surface area (Å²) in [7, 11) is 1.63. The normalized spacial score (nSPS) is 10.2. The van der Waals surface area contributed by atoms with Crippen molar-refractivity contribution in [1.29, 1.82) is 0 Å². The fraction of sp³-hybridized carbons (Fsp3) is 0.143. The van der Waals surface area contributed by atoms with Crippen LogP contribution in [0.25, 0.3) is 0 Å². The second kappa shape index (κ2) is 6.12. The molecule has 0 unspecified atom stereocenters. The minimum atomic E-state index is 0.402. The van der Waals surface area contributed by atoms with Crippen LogP contribution in [0.2, 0.25) is 0 Å². The van der Waals surface area contributed by atoms with Crippen LogP contribution in [0.4, 0.5) is 0 Å². The van der Waals surface area contributed by atoms with E-state index in [1.165, 1.54) is 0 Å². The Morgan fingerprint density at radius 1 is 1.11 bits per heavy atom. The van der Waals surface area contributed by atoms with Crippen LogP contribution in [0.1, 0.15) is 5.56 Å². The van der Waals surface area contributed by atoms with Gasteiger partial charge in [-0.3, -0.25) is 0 Å². The van der Waals surface area contributed by atoms with E-state index in [0.29, 0.717) is 5.88 Å². The average molecular weight is 328 g/mol. The molecule has 18 heavy (non-hydrogen) atoms. The summed E-state index contributed by atoms with van der Waals surface area (Å²) >= 11 is 9.31. The molecule has 0 spiro atoms. The molecule has 2 nitrogen and oxygen atoms in total. The third-order valence-corrected chi connectivity index (χ3v) is 3.22. The molecule has 2 aromatic rings. The van der Waals surface area contributed by atoms with Gasteiger partial charge in [-0.2, -0.15) is 0 Å². The van der Waals surface area contributed by atoms with Crippen LogP contribution < -0.4 is 9.47 Å². The molecule has 4 heteroatoms. The Labute approximate surface area is 120 Å². The first kappa shape index (κ1) is 13.2. The third kappa shape index (κ3) is 3.18. The molecule has 2 rings (SSSR count). The van der Waals surface area contributed by atoms with Gasteiger partial charge in [0.1, 0.15) is 17.2 Å². The van der Waals surface area contributed by atoms with E-state index in [2.05, 4.69) is 15.9 Å². The molecule has 0 aromatic heterocycles. The molecule has 0 N–H and O–H groups in total. The molecule has 0 aliphatic rings. The van der Waals surface area contributed by atoms with Gasteiger partial charge in [0.25, 0.3) is 0 Å². The van der Waals surface area contributed by atoms with E-state index in [4.69, 9.17) is 21.1 Å². The lowest BCUT2D eigenvalue weighted by atomic mass is 10.2. The first-order valence-corrected chi connectivity index (χ1v) is 6.72. The maximum Gasteiger partial charge on any atom is 0.131 e. The summed E-state index contributed by atoms with van der Waals surface area (Å²) < 4.78 is 11.9. The molecule has 0 fully saturated rings. The van der Waals surface area contributed by atoms with E-state index >= 15 is 0 Å². The van der Waals surface area contributed by atoms with Gasteiger partial charge in [0, 0.05) is 16.1 Å². The van der Waals surface area contributed by atoms with Crippen LogP contribution >= 0.6 is 27.5 Å². The van der Waals surface area contributed by atoms with Crippen molar-refractivity contribution in [3.05, 3.63) is 52.5 Å². The summed E-state index contributed by atoms with van der Waals surface area (Å²) in [5, 5.41) is 0. The second-order valence-corrected chi connectivity index (χ2v) is 4.85. The SMILES string of the molecule is COc1cccc(Oc2ccc(Br)cc2CCl)c1. The van der Waals surface area contributed by atoms with E-state index in [-0.39, 0.29) is 0 Å². The fourth-order valence-corrected chi connectivity index (χ4v) is 2.16. The Kier molecular flexibility index (Phi) is 4.50. The van der Waals surface area contributed by atoms with Crippen LogP contribution in [0.3, 0.4) is 0 Å². The van der Waals surface area contributed by atoms with Crippen LogP contribution in [0.15, 0.2) is 46.9 Å². The maximum atomic E-state index is 5.90. The quantitative estimate of drug-likeness (QED) is 0.737. The summed E-state index contributed by atoms with van der Waals surface area (Å²) in [4.78, 5) is 0. The van der Waals surface area contributed by atoms with Crippen LogP contribution in [-0.4, -0.2) is 7.11 Å². The largest absolute Gasteiger partial charge is 0.497 e. The van der Waals surface area contributed by atoms with Crippen molar-refractivity contribution in [3.63, 3.8) is 0 Å². The topological polar surface area (TPSA) is 18.5 Å². The molecule has 0 radical (unpaired) electrons. The Balaban J connectivity index is 2.27. The van der Waals surface area contributed by atoms with Crippen molar-refractivity contribution in [2.45, 2.75) is 5.88 Å². The van der Waals surface area contributed by atoms with Gasteiger partial charge in [-0.1, -0.05) is 22.0 Å².